The summed E-state index contributed by atoms with van der Waals surface area (Å²) in [5.41, 5.74) is 1.12. The molecular formula is C15H24ClNO2. The molecule has 1 aromatic carbocycles. The molecule has 108 valence electrons. The summed E-state index contributed by atoms with van der Waals surface area (Å²) < 4.78 is 11.4. The van der Waals surface area contributed by atoms with Crippen molar-refractivity contribution in [1.29, 1.82) is 0 Å². The number of hydrogen-bond acceptors (Lipinski definition) is 3. The molecule has 0 fully saturated rings. The van der Waals surface area contributed by atoms with Crippen LogP contribution < -0.4 is 4.74 Å². The van der Waals surface area contributed by atoms with E-state index in [2.05, 4.69) is 11.8 Å². The minimum Gasteiger partial charge on any atom is -0.465 e. The third kappa shape index (κ3) is 6.28. The predicted octanol–water partition coefficient (Wildman–Crippen LogP) is 3.30. The van der Waals surface area contributed by atoms with E-state index in [-0.39, 0.29) is 6.29 Å². The van der Waals surface area contributed by atoms with Crippen molar-refractivity contribution in [3.8, 4) is 5.75 Å². The fraction of sp³-hybridized carbons (Fsp3) is 0.600. The van der Waals surface area contributed by atoms with E-state index in [1.54, 1.807) is 0 Å². The Morgan fingerprint density at radius 3 is 2.63 bits per heavy atom. The molecule has 3 nitrogen and oxygen atoms in total. The lowest BCUT2D eigenvalue weighted by Crippen LogP contribution is -2.31. The van der Waals surface area contributed by atoms with Gasteiger partial charge in [0.15, 0.2) is 6.29 Å². The van der Waals surface area contributed by atoms with Crippen LogP contribution in [0, 0.1) is 6.92 Å². The van der Waals surface area contributed by atoms with Crippen molar-refractivity contribution >= 4 is 11.6 Å². The monoisotopic (exact) mass is 285 g/mol. The van der Waals surface area contributed by atoms with Gasteiger partial charge in [0.1, 0.15) is 5.75 Å². The average Bonchev–Trinajstić information content (AvgIpc) is 2.40. The maximum atomic E-state index is 5.75. The van der Waals surface area contributed by atoms with Crippen LogP contribution in [-0.2, 0) is 4.74 Å². The van der Waals surface area contributed by atoms with Crippen LogP contribution in [0.25, 0.3) is 0 Å². The second kappa shape index (κ2) is 9.18. The van der Waals surface area contributed by atoms with Gasteiger partial charge in [0.2, 0.25) is 0 Å². The molecule has 0 aliphatic carbocycles. The summed E-state index contributed by atoms with van der Waals surface area (Å²) in [5, 5.41) is 0. The molecule has 0 N–H and O–H groups in total. The molecule has 0 radical (unpaired) electrons. The summed E-state index contributed by atoms with van der Waals surface area (Å²) in [4.78, 5) is 2.26. The number of nitrogens with zero attached hydrogens (tertiary/aromatic N) is 1. The SMILES string of the molecule is CCN(CCCl)CCOC(C)Oc1ccccc1C. The van der Waals surface area contributed by atoms with Gasteiger partial charge >= 0.3 is 0 Å². The lowest BCUT2D eigenvalue weighted by molar-refractivity contribution is -0.0715. The average molecular weight is 286 g/mol. The second-order valence-corrected chi connectivity index (χ2v) is 4.82. The van der Waals surface area contributed by atoms with E-state index in [0.717, 1.165) is 30.9 Å². The molecule has 0 bridgehead atoms. The van der Waals surface area contributed by atoms with Crippen LogP contribution in [0.5, 0.6) is 5.75 Å². The number of aryl methyl sites for hydroxylation is 1. The van der Waals surface area contributed by atoms with Gasteiger partial charge in [-0.15, -0.1) is 11.6 Å². The number of alkyl halides is 1. The second-order valence-electron chi connectivity index (χ2n) is 4.45. The molecule has 19 heavy (non-hydrogen) atoms. The molecule has 0 aliphatic heterocycles. The standard InChI is InChI=1S/C15H24ClNO2/c1-4-17(10-9-16)11-12-18-14(3)19-15-8-6-5-7-13(15)2/h5-8,14H,4,9-12H2,1-3H3. The molecule has 0 saturated carbocycles. The Bertz CT molecular complexity index is 360. The predicted molar refractivity (Wildman–Crippen MR) is 80.1 cm³/mol. The normalized spacial score (nSPS) is 12.7. The van der Waals surface area contributed by atoms with Crippen molar-refractivity contribution < 1.29 is 9.47 Å². The van der Waals surface area contributed by atoms with Gasteiger partial charge in [0.25, 0.3) is 0 Å². The number of likely N-dealkylation sites (N-methyl/N-ethyl adjacent to an activating group) is 1. The third-order valence-corrected chi connectivity index (χ3v) is 3.16. The molecule has 0 spiro atoms. The van der Waals surface area contributed by atoms with E-state index in [9.17, 15) is 0 Å². The molecule has 0 heterocycles. The summed E-state index contributed by atoms with van der Waals surface area (Å²) >= 11 is 5.73. The van der Waals surface area contributed by atoms with E-state index < -0.39 is 0 Å². The summed E-state index contributed by atoms with van der Waals surface area (Å²) in [6.45, 7) is 9.49. The molecule has 4 heteroatoms. The first-order valence-electron chi connectivity index (χ1n) is 6.79. The van der Waals surface area contributed by atoms with Crippen LogP contribution in [0.1, 0.15) is 19.4 Å². The lowest BCUT2D eigenvalue weighted by Gasteiger charge is -2.21. The molecule has 0 amide bonds. The van der Waals surface area contributed by atoms with Gasteiger partial charge in [-0.2, -0.15) is 0 Å². The van der Waals surface area contributed by atoms with Crippen LogP contribution >= 0.6 is 11.6 Å². The highest BCUT2D eigenvalue weighted by atomic mass is 35.5. The number of ether oxygens (including phenoxy) is 2. The number of halogens is 1. The third-order valence-electron chi connectivity index (χ3n) is 2.99. The smallest absolute Gasteiger partial charge is 0.197 e. The Labute approximate surface area is 121 Å². The Kier molecular flexibility index (Phi) is 7.87. The molecule has 0 saturated heterocycles. The van der Waals surface area contributed by atoms with Crippen LogP contribution in [0.3, 0.4) is 0 Å². The largest absolute Gasteiger partial charge is 0.465 e. The molecule has 1 atom stereocenters. The Morgan fingerprint density at radius 2 is 2.00 bits per heavy atom. The van der Waals surface area contributed by atoms with Crippen molar-refractivity contribution in [3.05, 3.63) is 29.8 Å². The zero-order valence-electron chi connectivity index (χ0n) is 12.1. The van der Waals surface area contributed by atoms with Gasteiger partial charge in [0.05, 0.1) is 6.61 Å². The fourth-order valence-corrected chi connectivity index (χ4v) is 2.04. The van der Waals surface area contributed by atoms with Gasteiger partial charge in [0, 0.05) is 19.0 Å². The van der Waals surface area contributed by atoms with Crippen molar-refractivity contribution in [1.82, 2.24) is 4.90 Å². The van der Waals surface area contributed by atoms with Gasteiger partial charge in [-0.1, -0.05) is 25.1 Å². The first-order valence-corrected chi connectivity index (χ1v) is 7.33. The maximum Gasteiger partial charge on any atom is 0.197 e. The van der Waals surface area contributed by atoms with Gasteiger partial charge < -0.3 is 14.4 Å². The van der Waals surface area contributed by atoms with Gasteiger partial charge in [-0.25, -0.2) is 0 Å². The van der Waals surface area contributed by atoms with Gasteiger partial charge in [-0.3, -0.25) is 0 Å². The summed E-state index contributed by atoms with van der Waals surface area (Å²) in [6.07, 6.45) is -0.240. The van der Waals surface area contributed by atoms with E-state index in [1.807, 2.05) is 38.1 Å². The van der Waals surface area contributed by atoms with E-state index >= 15 is 0 Å². The fourth-order valence-electron chi connectivity index (χ4n) is 1.80. The van der Waals surface area contributed by atoms with E-state index in [0.29, 0.717) is 12.5 Å². The maximum absolute atomic E-state index is 5.75. The summed E-state index contributed by atoms with van der Waals surface area (Å²) in [6, 6.07) is 7.95. The van der Waals surface area contributed by atoms with Crippen LogP contribution in [0.2, 0.25) is 0 Å². The lowest BCUT2D eigenvalue weighted by atomic mass is 10.2. The van der Waals surface area contributed by atoms with Crippen molar-refractivity contribution in [2.24, 2.45) is 0 Å². The van der Waals surface area contributed by atoms with Crippen molar-refractivity contribution in [2.45, 2.75) is 27.1 Å². The highest BCUT2D eigenvalue weighted by Crippen LogP contribution is 2.17. The Hall–Kier alpha value is -0.770. The van der Waals surface area contributed by atoms with Crippen LogP contribution in [-0.4, -0.2) is 43.3 Å². The topological polar surface area (TPSA) is 21.7 Å². The zero-order chi connectivity index (χ0) is 14.1. The van der Waals surface area contributed by atoms with E-state index in [4.69, 9.17) is 21.1 Å². The van der Waals surface area contributed by atoms with Crippen molar-refractivity contribution in [2.75, 3.05) is 32.1 Å². The van der Waals surface area contributed by atoms with Crippen LogP contribution in [0.15, 0.2) is 24.3 Å². The van der Waals surface area contributed by atoms with Crippen molar-refractivity contribution in [3.63, 3.8) is 0 Å². The molecule has 1 rings (SSSR count). The molecule has 0 aromatic heterocycles. The number of para-hydroxylation sites is 1. The molecule has 1 aromatic rings. The van der Waals surface area contributed by atoms with E-state index in [1.165, 1.54) is 0 Å². The highest BCUT2D eigenvalue weighted by molar-refractivity contribution is 6.18. The first-order chi connectivity index (χ1) is 9.17. The van der Waals surface area contributed by atoms with Crippen LogP contribution in [0.4, 0.5) is 0 Å². The minimum absolute atomic E-state index is 0.240. The number of benzene rings is 1. The van der Waals surface area contributed by atoms with Gasteiger partial charge in [-0.05, 0) is 32.0 Å². The summed E-state index contributed by atoms with van der Waals surface area (Å²) in [5.74, 6) is 1.53. The Morgan fingerprint density at radius 1 is 1.26 bits per heavy atom. The molecular weight excluding hydrogens is 262 g/mol. The summed E-state index contributed by atoms with van der Waals surface area (Å²) in [7, 11) is 0. The highest BCUT2D eigenvalue weighted by Gasteiger charge is 2.07. The molecule has 0 aliphatic rings. The first kappa shape index (κ1) is 16.3. The zero-order valence-corrected chi connectivity index (χ0v) is 12.8. The number of hydrogen-bond donors (Lipinski definition) is 0. The minimum atomic E-state index is -0.240. The Balaban J connectivity index is 2.28. The number of rotatable bonds is 9. The quantitative estimate of drug-likeness (QED) is 0.513. The molecule has 1 unspecified atom stereocenters.